The highest BCUT2D eigenvalue weighted by Gasteiger charge is 2.12. The number of rotatable bonds is 10. The molecule has 0 atom stereocenters. The second kappa shape index (κ2) is 10.9. The summed E-state index contributed by atoms with van der Waals surface area (Å²) in [6, 6.07) is 13.3. The van der Waals surface area contributed by atoms with Crippen LogP contribution in [0, 0.1) is 0 Å². The summed E-state index contributed by atoms with van der Waals surface area (Å²) in [7, 11) is 1.52. The average Bonchev–Trinajstić information content (AvgIpc) is 3.25. The number of anilines is 1. The molecule has 7 nitrogen and oxygen atoms in total. The topological polar surface area (TPSA) is 90.4 Å². The van der Waals surface area contributed by atoms with Crippen molar-refractivity contribution in [3.05, 3.63) is 53.6 Å². The van der Waals surface area contributed by atoms with Crippen LogP contribution in [0.3, 0.4) is 0 Å². The van der Waals surface area contributed by atoms with Crippen molar-refractivity contribution in [2.75, 3.05) is 19.0 Å². The smallest absolute Gasteiger partial charge is 0.226 e. The van der Waals surface area contributed by atoms with Gasteiger partial charge in [0.05, 0.1) is 13.7 Å². The molecule has 1 N–H and O–H groups in total. The van der Waals surface area contributed by atoms with Crippen molar-refractivity contribution in [3.8, 4) is 22.1 Å². The molecule has 32 heavy (non-hydrogen) atoms. The van der Waals surface area contributed by atoms with Crippen LogP contribution in [0.25, 0.3) is 10.6 Å². The molecule has 1 aromatic heterocycles. The number of ether oxygens (including phenoxy) is 2. The lowest BCUT2D eigenvalue weighted by atomic mass is 10.0. The average molecular weight is 454 g/mol. The van der Waals surface area contributed by atoms with E-state index in [0.717, 1.165) is 10.6 Å². The van der Waals surface area contributed by atoms with Crippen LogP contribution in [0.15, 0.2) is 42.5 Å². The van der Waals surface area contributed by atoms with Gasteiger partial charge in [-0.15, -0.1) is 10.2 Å². The zero-order chi connectivity index (χ0) is 23.1. The molecule has 1 amide bonds. The minimum absolute atomic E-state index is 0.0427. The van der Waals surface area contributed by atoms with E-state index in [9.17, 15) is 9.59 Å². The van der Waals surface area contributed by atoms with Crippen molar-refractivity contribution in [1.29, 1.82) is 0 Å². The molecule has 0 radical (unpaired) electrons. The predicted octanol–water partition coefficient (Wildman–Crippen LogP) is 5.34. The molecular formula is C24H27N3O4S. The zero-order valence-corrected chi connectivity index (χ0v) is 19.5. The summed E-state index contributed by atoms with van der Waals surface area (Å²) >= 11 is 1.34. The van der Waals surface area contributed by atoms with Crippen LogP contribution in [0.4, 0.5) is 5.13 Å². The van der Waals surface area contributed by atoms with E-state index in [2.05, 4.69) is 41.5 Å². The minimum Gasteiger partial charge on any atom is -0.493 e. The summed E-state index contributed by atoms with van der Waals surface area (Å²) in [4.78, 5) is 23.7. The van der Waals surface area contributed by atoms with Crippen LogP contribution in [0.1, 0.15) is 55.5 Å². The molecule has 3 rings (SSSR count). The molecule has 0 aliphatic rings. The maximum Gasteiger partial charge on any atom is 0.226 e. The van der Waals surface area contributed by atoms with Crippen molar-refractivity contribution in [2.45, 2.75) is 39.5 Å². The fourth-order valence-corrected chi connectivity index (χ4v) is 3.77. The number of Topliss-reactive ketones (excluding diaryl/α,β-unsaturated/α-hetero) is 1. The van der Waals surface area contributed by atoms with E-state index in [4.69, 9.17) is 9.47 Å². The van der Waals surface area contributed by atoms with E-state index in [1.165, 1.54) is 30.9 Å². The van der Waals surface area contributed by atoms with Gasteiger partial charge in [-0.05, 0) is 43.0 Å². The van der Waals surface area contributed by atoms with E-state index in [-0.39, 0.29) is 18.1 Å². The number of nitrogens with zero attached hydrogens (tertiary/aromatic N) is 2. The molecule has 0 saturated carbocycles. The number of hydrogen-bond donors (Lipinski definition) is 1. The normalized spacial score (nSPS) is 10.8. The van der Waals surface area contributed by atoms with Gasteiger partial charge in [-0.1, -0.05) is 49.4 Å². The second-order valence-electron chi connectivity index (χ2n) is 7.61. The summed E-state index contributed by atoms with van der Waals surface area (Å²) in [5, 5.41) is 12.3. The molecule has 0 fully saturated rings. The Morgan fingerprint density at radius 1 is 1.06 bits per heavy atom. The van der Waals surface area contributed by atoms with Crippen LogP contribution in [0.2, 0.25) is 0 Å². The van der Waals surface area contributed by atoms with E-state index in [0.29, 0.717) is 41.1 Å². The van der Waals surface area contributed by atoms with E-state index >= 15 is 0 Å². The first-order chi connectivity index (χ1) is 15.4. The molecule has 0 saturated heterocycles. The van der Waals surface area contributed by atoms with Gasteiger partial charge in [-0.2, -0.15) is 0 Å². The number of amides is 1. The Morgan fingerprint density at radius 3 is 2.47 bits per heavy atom. The highest BCUT2D eigenvalue weighted by Crippen LogP contribution is 2.29. The Hall–Kier alpha value is -3.26. The quantitative estimate of drug-likeness (QED) is 0.329. The standard InChI is InChI=1S/C24H27N3O4S/c1-15(2)17-7-9-18(10-8-17)23-26-27-24(32-23)25-22(29)6-5-13-31-20-12-11-19(16(3)28)14-21(20)30-4/h7-12,14-15H,5-6,13H2,1-4H3,(H,25,27,29). The first-order valence-electron chi connectivity index (χ1n) is 10.4. The van der Waals surface area contributed by atoms with Gasteiger partial charge in [0, 0.05) is 17.5 Å². The molecule has 0 aliphatic heterocycles. The third-order valence-corrected chi connectivity index (χ3v) is 5.76. The molecule has 168 valence electrons. The minimum atomic E-state index is -0.148. The monoisotopic (exact) mass is 453 g/mol. The zero-order valence-electron chi connectivity index (χ0n) is 18.7. The fourth-order valence-electron chi connectivity index (χ4n) is 3.00. The van der Waals surface area contributed by atoms with Crippen LogP contribution < -0.4 is 14.8 Å². The highest BCUT2D eigenvalue weighted by atomic mass is 32.1. The van der Waals surface area contributed by atoms with Gasteiger partial charge in [-0.3, -0.25) is 9.59 Å². The second-order valence-corrected chi connectivity index (χ2v) is 8.59. The van der Waals surface area contributed by atoms with Gasteiger partial charge in [0.1, 0.15) is 5.01 Å². The summed E-state index contributed by atoms with van der Waals surface area (Å²) in [5.41, 5.74) is 2.80. The summed E-state index contributed by atoms with van der Waals surface area (Å²) in [5.74, 6) is 1.31. The number of aromatic nitrogens is 2. The summed E-state index contributed by atoms with van der Waals surface area (Å²) < 4.78 is 11.0. The van der Waals surface area contributed by atoms with E-state index in [1.54, 1.807) is 18.2 Å². The fraction of sp³-hybridized carbons (Fsp3) is 0.333. The van der Waals surface area contributed by atoms with Crippen molar-refractivity contribution in [3.63, 3.8) is 0 Å². The maximum absolute atomic E-state index is 12.2. The SMILES string of the molecule is COc1cc(C(C)=O)ccc1OCCCC(=O)Nc1nnc(-c2ccc(C(C)C)cc2)s1. The Morgan fingerprint density at radius 2 is 1.81 bits per heavy atom. The van der Waals surface area contributed by atoms with Crippen LogP contribution >= 0.6 is 11.3 Å². The van der Waals surface area contributed by atoms with E-state index < -0.39 is 0 Å². The number of nitrogens with one attached hydrogen (secondary N) is 1. The number of benzene rings is 2. The Labute approximate surface area is 191 Å². The van der Waals surface area contributed by atoms with Gasteiger partial charge >= 0.3 is 0 Å². The highest BCUT2D eigenvalue weighted by molar-refractivity contribution is 7.18. The number of hydrogen-bond acceptors (Lipinski definition) is 7. The molecule has 0 aliphatic carbocycles. The van der Waals surface area contributed by atoms with Crippen LogP contribution in [-0.4, -0.2) is 35.6 Å². The molecular weight excluding hydrogens is 426 g/mol. The Balaban J connectivity index is 1.47. The van der Waals surface area contributed by atoms with Gasteiger partial charge in [0.25, 0.3) is 0 Å². The first kappa shape index (κ1) is 23.4. The summed E-state index contributed by atoms with van der Waals surface area (Å²) in [6.07, 6.45) is 0.803. The largest absolute Gasteiger partial charge is 0.493 e. The molecule has 0 spiro atoms. The van der Waals surface area contributed by atoms with Crippen molar-refractivity contribution in [2.24, 2.45) is 0 Å². The van der Waals surface area contributed by atoms with Gasteiger partial charge in [-0.25, -0.2) is 0 Å². The lowest BCUT2D eigenvalue weighted by Crippen LogP contribution is -2.12. The number of methoxy groups -OCH3 is 1. The first-order valence-corrected chi connectivity index (χ1v) is 11.2. The Bertz CT molecular complexity index is 1080. The molecule has 0 unspecified atom stereocenters. The Kier molecular flexibility index (Phi) is 7.94. The number of carbonyl (C=O) groups is 2. The van der Waals surface area contributed by atoms with E-state index in [1.807, 2.05) is 12.1 Å². The molecule has 0 bridgehead atoms. The maximum atomic E-state index is 12.2. The predicted molar refractivity (Wildman–Crippen MR) is 126 cm³/mol. The molecule has 1 heterocycles. The van der Waals surface area contributed by atoms with Gasteiger partial charge < -0.3 is 14.8 Å². The van der Waals surface area contributed by atoms with Crippen LogP contribution in [0.5, 0.6) is 11.5 Å². The third-order valence-electron chi connectivity index (χ3n) is 4.87. The van der Waals surface area contributed by atoms with Crippen molar-refractivity contribution in [1.82, 2.24) is 10.2 Å². The van der Waals surface area contributed by atoms with Crippen molar-refractivity contribution >= 4 is 28.2 Å². The van der Waals surface area contributed by atoms with Crippen LogP contribution in [-0.2, 0) is 4.79 Å². The lowest BCUT2D eigenvalue weighted by molar-refractivity contribution is -0.116. The number of carbonyl (C=O) groups excluding carboxylic acids is 2. The van der Waals surface area contributed by atoms with Gasteiger partial charge in [0.15, 0.2) is 17.3 Å². The lowest BCUT2D eigenvalue weighted by Gasteiger charge is -2.11. The third kappa shape index (κ3) is 6.13. The molecule has 3 aromatic rings. The molecule has 2 aromatic carbocycles. The van der Waals surface area contributed by atoms with Crippen molar-refractivity contribution < 1.29 is 19.1 Å². The molecule has 8 heteroatoms. The summed E-state index contributed by atoms with van der Waals surface area (Å²) in [6.45, 7) is 6.14. The number of ketones is 1. The van der Waals surface area contributed by atoms with Gasteiger partial charge in [0.2, 0.25) is 11.0 Å².